The highest BCUT2D eigenvalue weighted by molar-refractivity contribution is 5.78. The lowest BCUT2D eigenvalue weighted by Gasteiger charge is -2.28. The number of hydrogen-bond acceptors (Lipinski definition) is 2. The Labute approximate surface area is 129 Å². The molecular formula is C18H32N2O. The normalized spacial score (nSPS) is 34.6. The number of fused-ring (bicyclic) bond motifs is 2. The van der Waals surface area contributed by atoms with E-state index in [1.165, 1.54) is 64.2 Å². The van der Waals surface area contributed by atoms with Crippen molar-refractivity contribution >= 4 is 5.91 Å². The smallest absolute Gasteiger partial charge is 0.234 e. The summed E-state index contributed by atoms with van der Waals surface area (Å²) in [5.74, 6) is 2.94. The van der Waals surface area contributed by atoms with Crippen molar-refractivity contribution in [3.8, 4) is 0 Å². The van der Waals surface area contributed by atoms with Crippen LogP contribution in [0.25, 0.3) is 0 Å². The molecule has 0 radical (unpaired) electrons. The summed E-state index contributed by atoms with van der Waals surface area (Å²) in [7, 11) is 0. The summed E-state index contributed by atoms with van der Waals surface area (Å²) in [6, 6.07) is 0.930. The second-order valence-corrected chi connectivity index (χ2v) is 7.76. The molecular weight excluding hydrogens is 260 g/mol. The summed E-state index contributed by atoms with van der Waals surface area (Å²) >= 11 is 0. The molecule has 3 fully saturated rings. The van der Waals surface area contributed by atoms with Gasteiger partial charge in [-0.05, 0) is 56.8 Å². The molecule has 120 valence electrons. The summed E-state index contributed by atoms with van der Waals surface area (Å²) in [5.41, 5.74) is 0. The van der Waals surface area contributed by atoms with E-state index in [2.05, 4.69) is 17.6 Å². The zero-order valence-corrected chi connectivity index (χ0v) is 13.6. The second kappa shape index (κ2) is 7.13. The van der Waals surface area contributed by atoms with Gasteiger partial charge in [-0.3, -0.25) is 4.79 Å². The highest BCUT2D eigenvalue weighted by Crippen LogP contribution is 2.49. The van der Waals surface area contributed by atoms with Crippen molar-refractivity contribution in [3.63, 3.8) is 0 Å². The Hall–Kier alpha value is -0.570. The largest absolute Gasteiger partial charge is 0.352 e. The average Bonchev–Trinajstić information content (AvgIpc) is 3.02. The molecule has 0 aliphatic heterocycles. The van der Waals surface area contributed by atoms with Gasteiger partial charge in [0, 0.05) is 12.1 Å². The third kappa shape index (κ3) is 4.00. The van der Waals surface area contributed by atoms with Crippen molar-refractivity contribution in [1.29, 1.82) is 0 Å². The lowest BCUT2D eigenvalue weighted by atomic mass is 9.84. The van der Waals surface area contributed by atoms with Gasteiger partial charge >= 0.3 is 0 Å². The first-order valence-corrected chi connectivity index (χ1v) is 9.25. The summed E-state index contributed by atoms with van der Waals surface area (Å²) < 4.78 is 0. The van der Waals surface area contributed by atoms with Crippen molar-refractivity contribution < 1.29 is 4.79 Å². The minimum Gasteiger partial charge on any atom is -0.352 e. The van der Waals surface area contributed by atoms with Crippen LogP contribution in [0.1, 0.15) is 71.1 Å². The third-order valence-electron chi connectivity index (χ3n) is 6.24. The van der Waals surface area contributed by atoms with E-state index >= 15 is 0 Å². The monoisotopic (exact) mass is 292 g/mol. The molecule has 2 N–H and O–H groups in total. The summed E-state index contributed by atoms with van der Waals surface area (Å²) in [6.45, 7) is 2.79. The van der Waals surface area contributed by atoms with Crippen LogP contribution in [0.5, 0.6) is 0 Å². The first kappa shape index (κ1) is 15.3. The van der Waals surface area contributed by atoms with Gasteiger partial charge in [-0.15, -0.1) is 0 Å². The van der Waals surface area contributed by atoms with Crippen molar-refractivity contribution in [1.82, 2.24) is 10.6 Å². The average molecular weight is 292 g/mol. The van der Waals surface area contributed by atoms with Gasteiger partial charge in [0.05, 0.1) is 6.54 Å². The van der Waals surface area contributed by atoms with Gasteiger partial charge < -0.3 is 10.6 Å². The molecule has 3 nitrogen and oxygen atoms in total. The molecule has 0 aromatic rings. The predicted octanol–water partition coefficient (Wildman–Crippen LogP) is 3.24. The maximum atomic E-state index is 12.1. The van der Waals surface area contributed by atoms with E-state index in [9.17, 15) is 4.79 Å². The van der Waals surface area contributed by atoms with E-state index in [1.807, 2.05) is 0 Å². The van der Waals surface area contributed by atoms with Crippen LogP contribution in [-0.2, 0) is 4.79 Å². The number of amides is 1. The lowest BCUT2D eigenvalue weighted by Crippen LogP contribution is -2.45. The van der Waals surface area contributed by atoms with Gasteiger partial charge in [-0.25, -0.2) is 0 Å². The molecule has 21 heavy (non-hydrogen) atoms. The van der Waals surface area contributed by atoms with Crippen molar-refractivity contribution in [3.05, 3.63) is 0 Å². The SMILES string of the molecule is CC(NCC(=O)NC1CCCCCC1)C1CC2CCC1C2. The molecule has 1 amide bonds. The van der Waals surface area contributed by atoms with Gasteiger partial charge in [-0.1, -0.05) is 32.1 Å². The molecule has 3 aliphatic carbocycles. The van der Waals surface area contributed by atoms with E-state index in [0.717, 1.165) is 17.8 Å². The van der Waals surface area contributed by atoms with Gasteiger partial charge in [0.2, 0.25) is 5.91 Å². The lowest BCUT2D eigenvalue weighted by molar-refractivity contribution is -0.121. The summed E-state index contributed by atoms with van der Waals surface area (Å²) in [5, 5.41) is 6.74. The maximum Gasteiger partial charge on any atom is 0.234 e. The minimum absolute atomic E-state index is 0.205. The van der Waals surface area contributed by atoms with Gasteiger partial charge in [0.25, 0.3) is 0 Å². The molecule has 4 atom stereocenters. The quantitative estimate of drug-likeness (QED) is 0.764. The van der Waals surface area contributed by atoms with Crippen LogP contribution in [0, 0.1) is 17.8 Å². The van der Waals surface area contributed by atoms with Crippen molar-refractivity contribution in [2.75, 3.05) is 6.54 Å². The molecule has 4 unspecified atom stereocenters. The molecule has 0 aromatic carbocycles. The summed E-state index contributed by atoms with van der Waals surface area (Å²) in [4.78, 5) is 12.1. The minimum atomic E-state index is 0.205. The molecule has 2 bridgehead atoms. The van der Waals surface area contributed by atoms with Crippen LogP contribution in [0.15, 0.2) is 0 Å². The Bertz CT molecular complexity index is 349. The molecule has 0 aromatic heterocycles. The topological polar surface area (TPSA) is 41.1 Å². The molecule has 3 saturated carbocycles. The highest BCUT2D eigenvalue weighted by Gasteiger charge is 2.41. The van der Waals surface area contributed by atoms with Gasteiger partial charge in [0.15, 0.2) is 0 Å². The number of rotatable bonds is 5. The van der Waals surface area contributed by atoms with Crippen LogP contribution >= 0.6 is 0 Å². The molecule has 0 saturated heterocycles. The molecule has 3 rings (SSSR count). The van der Waals surface area contributed by atoms with Crippen LogP contribution in [-0.4, -0.2) is 24.5 Å². The van der Waals surface area contributed by atoms with Crippen molar-refractivity contribution in [2.45, 2.75) is 83.2 Å². The number of nitrogens with one attached hydrogen (secondary N) is 2. The maximum absolute atomic E-state index is 12.1. The Balaban J connectivity index is 1.37. The van der Waals surface area contributed by atoms with E-state index < -0.39 is 0 Å². The standard InChI is InChI=1S/C18H32N2O/c1-13(17-11-14-8-9-15(17)10-14)19-12-18(21)20-16-6-4-2-3-5-7-16/h13-17,19H,2-12H2,1H3,(H,20,21). The number of hydrogen-bond donors (Lipinski definition) is 2. The molecule has 0 heterocycles. The van der Waals surface area contributed by atoms with Crippen LogP contribution in [0.4, 0.5) is 0 Å². The molecule has 0 spiro atoms. The van der Waals surface area contributed by atoms with Crippen LogP contribution in [0.2, 0.25) is 0 Å². The summed E-state index contributed by atoms with van der Waals surface area (Å²) in [6.07, 6.45) is 13.3. The third-order valence-corrected chi connectivity index (χ3v) is 6.24. The first-order chi connectivity index (χ1) is 10.2. The zero-order chi connectivity index (χ0) is 14.7. The van der Waals surface area contributed by atoms with E-state index in [1.54, 1.807) is 0 Å². The fraction of sp³-hybridized carbons (Fsp3) is 0.944. The Morgan fingerprint density at radius 2 is 1.81 bits per heavy atom. The van der Waals surface area contributed by atoms with E-state index in [-0.39, 0.29) is 5.91 Å². The fourth-order valence-corrected chi connectivity index (χ4v) is 5.01. The zero-order valence-electron chi connectivity index (χ0n) is 13.6. The predicted molar refractivity (Wildman–Crippen MR) is 86.0 cm³/mol. The Kier molecular flexibility index (Phi) is 5.20. The Morgan fingerprint density at radius 3 is 2.43 bits per heavy atom. The van der Waals surface area contributed by atoms with E-state index in [4.69, 9.17) is 0 Å². The van der Waals surface area contributed by atoms with Gasteiger partial charge in [-0.2, -0.15) is 0 Å². The number of carbonyl (C=O) groups excluding carboxylic acids is 1. The van der Waals surface area contributed by atoms with Crippen molar-refractivity contribution in [2.24, 2.45) is 17.8 Å². The molecule has 3 heteroatoms. The second-order valence-electron chi connectivity index (χ2n) is 7.76. The fourth-order valence-electron chi connectivity index (χ4n) is 5.01. The van der Waals surface area contributed by atoms with E-state index in [0.29, 0.717) is 18.6 Å². The van der Waals surface area contributed by atoms with Crippen LogP contribution in [0.3, 0.4) is 0 Å². The molecule has 3 aliphatic rings. The van der Waals surface area contributed by atoms with Crippen LogP contribution < -0.4 is 10.6 Å². The Morgan fingerprint density at radius 1 is 1.05 bits per heavy atom. The number of carbonyl (C=O) groups is 1. The van der Waals surface area contributed by atoms with Gasteiger partial charge in [0.1, 0.15) is 0 Å². The highest BCUT2D eigenvalue weighted by atomic mass is 16.1. The first-order valence-electron chi connectivity index (χ1n) is 9.25.